The van der Waals surface area contributed by atoms with Gasteiger partial charge in [-0.2, -0.15) is 0 Å². The summed E-state index contributed by atoms with van der Waals surface area (Å²) in [6, 6.07) is 16.7. The first kappa shape index (κ1) is 30.8. The molecule has 1 N–H and O–H groups in total. The molecule has 0 saturated carbocycles. The van der Waals surface area contributed by atoms with E-state index in [1.165, 1.54) is 35.2 Å². The second-order valence-electron chi connectivity index (χ2n) is 11.1. The second kappa shape index (κ2) is 12.2. The average molecular weight is 568 g/mol. The van der Waals surface area contributed by atoms with Crippen LogP contribution >= 0.6 is 0 Å². The first-order valence-corrected chi connectivity index (χ1v) is 14.6. The van der Waals surface area contributed by atoms with Gasteiger partial charge in [0.25, 0.3) is 10.0 Å². The Morgan fingerprint density at radius 3 is 2.10 bits per heavy atom. The van der Waals surface area contributed by atoms with Crippen LogP contribution in [-0.4, -0.2) is 43.3 Å². The fourth-order valence-corrected chi connectivity index (χ4v) is 5.78. The normalized spacial score (nSPS) is 12.5. The van der Waals surface area contributed by atoms with E-state index in [0.29, 0.717) is 11.3 Å². The van der Waals surface area contributed by atoms with Crippen molar-refractivity contribution in [1.82, 2.24) is 10.2 Å². The lowest BCUT2D eigenvalue weighted by molar-refractivity contribution is -0.140. The number of hydrogen-bond acceptors (Lipinski definition) is 4. The molecule has 0 radical (unpaired) electrons. The first-order chi connectivity index (χ1) is 18.6. The number of carbonyl (C=O) groups is 2. The van der Waals surface area contributed by atoms with Gasteiger partial charge in [-0.25, -0.2) is 12.8 Å². The molecule has 0 aliphatic rings. The van der Waals surface area contributed by atoms with Gasteiger partial charge in [-0.05, 0) is 78.3 Å². The van der Waals surface area contributed by atoms with Crippen molar-refractivity contribution in [1.29, 1.82) is 0 Å². The van der Waals surface area contributed by atoms with Crippen LogP contribution in [0.25, 0.3) is 0 Å². The number of hydrogen-bond donors (Lipinski definition) is 1. The highest BCUT2D eigenvalue weighted by molar-refractivity contribution is 7.92. The molecule has 0 unspecified atom stereocenters. The molecule has 214 valence electrons. The number of halogens is 1. The zero-order valence-corrected chi connectivity index (χ0v) is 25.0. The van der Waals surface area contributed by atoms with Crippen molar-refractivity contribution >= 4 is 27.5 Å². The number of anilines is 1. The molecule has 2 amide bonds. The third kappa shape index (κ3) is 7.47. The van der Waals surface area contributed by atoms with Crippen LogP contribution in [0.3, 0.4) is 0 Å². The molecule has 0 aliphatic carbocycles. The van der Waals surface area contributed by atoms with Crippen LogP contribution in [0.1, 0.15) is 49.9 Å². The van der Waals surface area contributed by atoms with Crippen LogP contribution in [0.15, 0.2) is 71.6 Å². The largest absolute Gasteiger partial charge is 0.350 e. The summed E-state index contributed by atoms with van der Waals surface area (Å²) in [4.78, 5) is 28.4. The molecule has 3 rings (SSSR count). The van der Waals surface area contributed by atoms with Gasteiger partial charge in [0, 0.05) is 17.6 Å². The predicted molar refractivity (Wildman–Crippen MR) is 156 cm³/mol. The van der Waals surface area contributed by atoms with E-state index >= 15 is 0 Å². The van der Waals surface area contributed by atoms with Gasteiger partial charge in [0.1, 0.15) is 18.4 Å². The van der Waals surface area contributed by atoms with Gasteiger partial charge in [0.15, 0.2) is 0 Å². The number of benzene rings is 3. The molecule has 40 heavy (non-hydrogen) atoms. The predicted octanol–water partition coefficient (Wildman–Crippen LogP) is 5.28. The Morgan fingerprint density at radius 2 is 1.52 bits per heavy atom. The van der Waals surface area contributed by atoms with Gasteiger partial charge in [0.05, 0.1) is 10.6 Å². The first-order valence-electron chi connectivity index (χ1n) is 13.1. The summed E-state index contributed by atoms with van der Waals surface area (Å²) in [6.45, 7) is 11.7. The van der Waals surface area contributed by atoms with Gasteiger partial charge in [-0.15, -0.1) is 0 Å². The molecule has 0 aliphatic heterocycles. The maximum Gasteiger partial charge on any atom is 0.264 e. The molecule has 0 fully saturated rings. The monoisotopic (exact) mass is 567 g/mol. The Balaban J connectivity index is 2.08. The van der Waals surface area contributed by atoms with Gasteiger partial charge < -0.3 is 10.2 Å². The fraction of sp³-hybridized carbons (Fsp3) is 0.355. The highest BCUT2D eigenvalue weighted by Gasteiger charge is 2.34. The number of carbonyl (C=O) groups excluding carboxylic acids is 2. The fourth-order valence-electron chi connectivity index (χ4n) is 4.30. The van der Waals surface area contributed by atoms with E-state index in [2.05, 4.69) is 5.32 Å². The average Bonchev–Trinajstić information content (AvgIpc) is 2.86. The minimum atomic E-state index is -4.18. The Morgan fingerprint density at radius 1 is 0.925 bits per heavy atom. The number of nitrogens with zero attached hydrogens (tertiary/aromatic N) is 2. The Hall–Kier alpha value is -3.72. The van der Waals surface area contributed by atoms with Gasteiger partial charge >= 0.3 is 0 Å². The third-order valence-corrected chi connectivity index (χ3v) is 8.25. The summed E-state index contributed by atoms with van der Waals surface area (Å²) in [6.07, 6.45) is 0. The highest BCUT2D eigenvalue weighted by atomic mass is 32.2. The van der Waals surface area contributed by atoms with E-state index < -0.39 is 45.8 Å². The van der Waals surface area contributed by atoms with Crippen LogP contribution < -0.4 is 9.62 Å². The van der Waals surface area contributed by atoms with Crippen molar-refractivity contribution in [2.45, 2.75) is 71.5 Å². The van der Waals surface area contributed by atoms with Crippen LogP contribution in [0.4, 0.5) is 10.1 Å². The number of aryl methyl sites for hydroxylation is 3. The van der Waals surface area contributed by atoms with Crippen molar-refractivity contribution in [2.24, 2.45) is 0 Å². The third-order valence-electron chi connectivity index (χ3n) is 6.47. The maximum atomic E-state index is 14.7. The van der Waals surface area contributed by atoms with Crippen LogP contribution in [0.2, 0.25) is 0 Å². The van der Waals surface area contributed by atoms with Crippen molar-refractivity contribution < 1.29 is 22.4 Å². The molecule has 9 heteroatoms. The molecule has 0 heterocycles. The maximum absolute atomic E-state index is 14.7. The lowest BCUT2D eigenvalue weighted by Gasteiger charge is -2.34. The number of nitrogens with one attached hydrogen (secondary N) is 1. The quantitative estimate of drug-likeness (QED) is 0.381. The van der Waals surface area contributed by atoms with E-state index in [0.717, 1.165) is 15.4 Å². The standard InChI is InChI=1S/C31H38FN3O4S/c1-21-12-15-26(16-13-21)40(38,39)35(28-17-14-22(2)18-23(28)3)20-29(36)34(19-25-10-8-9-11-27(25)32)24(4)30(37)33-31(5,6)7/h8-18,24H,19-20H2,1-7H3,(H,33,37)/t24-/m0/s1. The Labute approximate surface area is 237 Å². The molecule has 0 bridgehead atoms. The molecule has 0 saturated heterocycles. The molecule has 0 spiro atoms. The zero-order chi connectivity index (χ0) is 29.8. The molecule has 3 aromatic rings. The SMILES string of the molecule is Cc1ccc(S(=O)(=O)N(CC(=O)N(Cc2ccccc2F)[C@@H](C)C(=O)NC(C)(C)C)c2ccc(C)cc2C)cc1. The van der Waals surface area contributed by atoms with E-state index in [1.54, 1.807) is 44.2 Å². The number of amides is 2. The molecule has 3 aromatic carbocycles. The Bertz CT molecular complexity index is 1480. The van der Waals surface area contributed by atoms with E-state index in [-0.39, 0.29) is 17.0 Å². The molecule has 7 nitrogen and oxygen atoms in total. The highest BCUT2D eigenvalue weighted by Crippen LogP contribution is 2.28. The lowest BCUT2D eigenvalue weighted by Crippen LogP contribution is -2.54. The van der Waals surface area contributed by atoms with Crippen LogP contribution in [0.5, 0.6) is 0 Å². The number of sulfonamides is 1. The molecular formula is C31H38FN3O4S. The van der Waals surface area contributed by atoms with Crippen molar-refractivity contribution in [2.75, 3.05) is 10.8 Å². The molecule has 0 aromatic heterocycles. The van der Waals surface area contributed by atoms with E-state index in [9.17, 15) is 22.4 Å². The summed E-state index contributed by atoms with van der Waals surface area (Å²) in [5.74, 6) is -1.60. The Kier molecular flexibility index (Phi) is 9.40. The molecule has 1 atom stereocenters. The topological polar surface area (TPSA) is 86.8 Å². The zero-order valence-electron chi connectivity index (χ0n) is 24.2. The summed E-state index contributed by atoms with van der Waals surface area (Å²) in [5.41, 5.74) is 2.49. The van der Waals surface area contributed by atoms with Crippen molar-refractivity contribution in [3.8, 4) is 0 Å². The van der Waals surface area contributed by atoms with Gasteiger partial charge in [-0.3, -0.25) is 13.9 Å². The summed E-state index contributed by atoms with van der Waals surface area (Å²) in [7, 11) is -4.18. The smallest absolute Gasteiger partial charge is 0.264 e. The minimum absolute atomic E-state index is 0.0325. The lowest BCUT2D eigenvalue weighted by atomic mass is 10.1. The minimum Gasteiger partial charge on any atom is -0.350 e. The summed E-state index contributed by atoms with van der Waals surface area (Å²) in [5, 5.41) is 2.86. The summed E-state index contributed by atoms with van der Waals surface area (Å²) < 4.78 is 43.7. The number of rotatable bonds is 9. The van der Waals surface area contributed by atoms with Crippen LogP contribution in [0, 0.1) is 26.6 Å². The van der Waals surface area contributed by atoms with E-state index in [4.69, 9.17) is 0 Å². The van der Waals surface area contributed by atoms with Crippen molar-refractivity contribution in [3.05, 3.63) is 94.8 Å². The summed E-state index contributed by atoms with van der Waals surface area (Å²) >= 11 is 0. The second-order valence-corrected chi connectivity index (χ2v) is 13.0. The van der Waals surface area contributed by atoms with Gasteiger partial charge in [0.2, 0.25) is 11.8 Å². The van der Waals surface area contributed by atoms with Crippen LogP contribution in [-0.2, 0) is 26.2 Å². The van der Waals surface area contributed by atoms with E-state index in [1.807, 2.05) is 40.7 Å². The van der Waals surface area contributed by atoms with Crippen molar-refractivity contribution in [3.63, 3.8) is 0 Å². The van der Waals surface area contributed by atoms with Gasteiger partial charge in [-0.1, -0.05) is 53.6 Å². The molecular weight excluding hydrogens is 529 g/mol.